The summed E-state index contributed by atoms with van der Waals surface area (Å²) >= 11 is 0. The zero-order valence-corrected chi connectivity index (χ0v) is 13.9. The molecule has 1 aromatic carbocycles. The topological polar surface area (TPSA) is 40.3 Å². The maximum Gasteiger partial charge on any atom is 0.119 e. The quantitative estimate of drug-likeness (QED) is 0.891. The molecule has 3 rings (SSSR count). The SMILES string of the molecule is COc1ccc2[nH]cc([C@H](CC(C)C)N3CCNCC3)c2c1. The predicted molar refractivity (Wildman–Crippen MR) is 91.5 cm³/mol. The van der Waals surface area contributed by atoms with Gasteiger partial charge in [-0.2, -0.15) is 0 Å². The van der Waals surface area contributed by atoms with Crippen molar-refractivity contribution in [2.24, 2.45) is 5.92 Å². The highest BCUT2D eigenvalue weighted by molar-refractivity contribution is 5.85. The van der Waals surface area contributed by atoms with Crippen LogP contribution in [0.4, 0.5) is 0 Å². The van der Waals surface area contributed by atoms with E-state index in [-0.39, 0.29) is 0 Å². The number of methoxy groups -OCH3 is 1. The summed E-state index contributed by atoms with van der Waals surface area (Å²) in [7, 11) is 1.73. The Hall–Kier alpha value is -1.52. The lowest BCUT2D eigenvalue weighted by Crippen LogP contribution is -2.45. The Bertz CT molecular complexity index is 614. The van der Waals surface area contributed by atoms with Gasteiger partial charge in [-0.3, -0.25) is 4.90 Å². The summed E-state index contributed by atoms with van der Waals surface area (Å²) in [6.07, 6.45) is 3.38. The normalized spacial score (nSPS) is 18.0. The van der Waals surface area contributed by atoms with Crippen molar-refractivity contribution in [3.63, 3.8) is 0 Å². The van der Waals surface area contributed by atoms with Gasteiger partial charge < -0.3 is 15.0 Å². The van der Waals surface area contributed by atoms with Gasteiger partial charge in [0.1, 0.15) is 5.75 Å². The van der Waals surface area contributed by atoms with Crippen LogP contribution >= 0.6 is 0 Å². The first-order chi connectivity index (χ1) is 10.7. The number of aromatic amines is 1. The van der Waals surface area contributed by atoms with Crippen molar-refractivity contribution < 1.29 is 4.74 Å². The van der Waals surface area contributed by atoms with Gasteiger partial charge in [-0.1, -0.05) is 13.8 Å². The lowest BCUT2D eigenvalue weighted by molar-refractivity contribution is 0.155. The number of H-pyrrole nitrogens is 1. The van der Waals surface area contributed by atoms with Crippen molar-refractivity contribution in [3.8, 4) is 5.75 Å². The van der Waals surface area contributed by atoms with Crippen molar-refractivity contribution in [2.45, 2.75) is 26.3 Å². The molecule has 0 bridgehead atoms. The van der Waals surface area contributed by atoms with Crippen LogP contribution in [-0.4, -0.2) is 43.2 Å². The minimum absolute atomic E-state index is 0.475. The number of nitrogens with zero attached hydrogens (tertiary/aromatic N) is 1. The molecule has 0 amide bonds. The van der Waals surface area contributed by atoms with Crippen LogP contribution in [0.25, 0.3) is 10.9 Å². The van der Waals surface area contributed by atoms with Crippen molar-refractivity contribution in [1.82, 2.24) is 15.2 Å². The van der Waals surface area contributed by atoms with Gasteiger partial charge in [-0.15, -0.1) is 0 Å². The number of hydrogen-bond donors (Lipinski definition) is 2. The van der Waals surface area contributed by atoms with Gasteiger partial charge in [0.05, 0.1) is 7.11 Å². The maximum atomic E-state index is 5.42. The number of piperazine rings is 1. The molecule has 4 heteroatoms. The molecule has 0 spiro atoms. The summed E-state index contributed by atoms with van der Waals surface area (Å²) in [5, 5.41) is 4.75. The average Bonchev–Trinajstić information content (AvgIpc) is 2.96. The highest BCUT2D eigenvalue weighted by Gasteiger charge is 2.25. The minimum atomic E-state index is 0.475. The zero-order valence-electron chi connectivity index (χ0n) is 13.9. The van der Waals surface area contributed by atoms with Gasteiger partial charge >= 0.3 is 0 Å². The Kier molecular flexibility index (Phi) is 4.69. The molecule has 1 aliphatic rings. The first-order valence-electron chi connectivity index (χ1n) is 8.29. The molecule has 0 unspecified atom stereocenters. The van der Waals surface area contributed by atoms with E-state index in [1.807, 2.05) is 6.07 Å². The van der Waals surface area contributed by atoms with Crippen LogP contribution in [0.3, 0.4) is 0 Å². The molecule has 0 radical (unpaired) electrons. The van der Waals surface area contributed by atoms with Crippen LogP contribution in [0.15, 0.2) is 24.4 Å². The summed E-state index contributed by atoms with van der Waals surface area (Å²) in [5.41, 5.74) is 2.60. The molecule has 22 heavy (non-hydrogen) atoms. The first kappa shape index (κ1) is 15.4. The van der Waals surface area contributed by atoms with E-state index in [9.17, 15) is 0 Å². The van der Waals surface area contributed by atoms with Crippen molar-refractivity contribution >= 4 is 10.9 Å². The number of nitrogens with one attached hydrogen (secondary N) is 2. The fourth-order valence-corrected chi connectivity index (χ4v) is 3.44. The highest BCUT2D eigenvalue weighted by Crippen LogP contribution is 2.34. The molecule has 0 aliphatic carbocycles. The first-order valence-corrected chi connectivity index (χ1v) is 8.29. The molecule has 2 N–H and O–H groups in total. The maximum absolute atomic E-state index is 5.42. The lowest BCUT2D eigenvalue weighted by atomic mass is 9.94. The average molecular weight is 301 g/mol. The smallest absolute Gasteiger partial charge is 0.119 e. The van der Waals surface area contributed by atoms with Crippen molar-refractivity contribution in [3.05, 3.63) is 30.0 Å². The molecular weight excluding hydrogens is 274 g/mol. The van der Waals surface area contributed by atoms with Crippen LogP contribution in [0, 0.1) is 5.92 Å². The van der Waals surface area contributed by atoms with Crippen LogP contribution in [-0.2, 0) is 0 Å². The second-order valence-corrected chi connectivity index (χ2v) is 6.59. The van der Waals surface area contributed by atoms with Gasteiger partial charge in [0.15, 0.2) is 0 Å². The largest absolute Gasteiger partial charge is 0.497 e. The molecule has 1 saturated heterocycles. The second kappa shape index (κ2) is 6.71. The number of fused-ring (bicyclic) bond motifs is 1. The van der Waals surface area contributed by atoms with E-state index in [2.05, 4.69) is 47.4 Å². The van der Waals surface area contributed by atoms with Gasteiger partial charge in [0.2, 0.25) is 0 Å². The van der Waals surface area contributed by atoms with Crippen molar-refractivity contribution in [2.75, 3.05) is 33.3 Å². The molecule has 1 aliphatic heterocycles. The molecular formula is C18H27N3O. The Morgan fingerprint density at radius 2 is 2.00 bits per heavy atom. The van der Waals surface area contributed by atoms with E-state index in [4.69, 9.17) is 4.74 Å². The Morgan fingerprint density at radius 1 is 1.23 bits per heavy atom. The Balaban J connectivity index is 1.98. The summed E-state index contributed by atoms with van der Waals surface area (Å²) in [6.45, 7) is 9.03. The number of aromatic nitrogens is 1. The molecule has 4 nitrogen and oxygen atoms in total. The molecule has 120 valence electrons. The molecule has 2 aromatic rings. The van der Waals surface area contributed by atoms with Crippen LogP contribution in [0.5, 0.6) is 5.75 Å². The predicted octanol–water partition coefficient (Wildman–Crippen LogP) is 3.17. The summed E-state index contributed by atoms with van der Waals surface area (Å²) in [6, 6.07) is 6.77. The molecule has 1 atom stereocenters. The molecule has 1 fully saturated rings. The summed E-state index contributed by atoms with van der Waals surface area (Å²) < 4.78 is 5.42. The standard InChI is InChI=1S/C18H27N3O/c1-13(2)10-18(21-8-6-19-7-9-21)16-12-20-17-5-4-14(22-3)11-15(16)17/h4-5,11-13,18-20H,6-10H2,1-3H3/t18-/m0/s1. The van der Waals surface area contributed by atoms with E-state index < -0.39 is 0 Å². The van der Waals surface area contributed by atoms with Crippen molar-refractivity contribution in [1.29, 1.82) is 0 Å². The number of rotatable bonds is 5. The highest BCUT2D eigenvalue weighted by atomic mass is 16.5. The van der Waals surface area contributed by atoms with Gasteiger partial charge in [-0.05, 0) is 36.1 Å². The molecule has 0 saturated carbocycles. The second-order valence-electron chi connectivity index (χ2n) is 6.59. The fraction of sp³-hybridized carbons (Fsp3) is 0.556. The summed E-state index contributed by atoms with van der Waals surface area (Å²) in [5.74, 6) is 1.60. The van der Waals surface area contributed by atoms with E-state index >= 15 is 0 Å². The third kappa shape index (κ3) is 3.13. The number of hydrogen-bond acceptors (Lipinski definition) is 3. The number of benzene rings is 1. The minimum Gasteiger partial charge on any atom is -0.497 e. The van der Waals surface area contributed by atoms with E-state index in [1.54, 1.807) is 7.11 Å². The van der Waals surface area contributed by atoms with Gasteiger partial charge in [0.25, 0.3) is 0 Å². The Labute approximate surface area is 132 Å². The van der Waals surface area contributed by atoms with Crippen LogP contribution < -0.4 is 10.1 Å². The molecule has 1 aromatic heterocycles. The molecule has 2 heterocycles. The lowest BCUT2D eigenvalue weighted by Gasteiger charge is -2.36. The van der Waals surface area contributed by atoms with E-state index in [1.165, 1.54) is 22.9 Å². The van der Waals surface area contributed by atoms with Gasteiger partial charge in [-0.25, -0.2) is 0 Å². The van der Waals surface area contributed by atoms with Crippen LogP contribution in [0.1, 0.15) is 31.9 Å². The van der Waals surface area contributed by atoms with Gasteiger partial charge in [0, 0.05) is 49.3 Å². The monoisotopic (exact) mass is 301 g/mol. The van der Waals surface area contributed by atoms with E-state index in [0.717, 1.165) is 31.9 Å². The Morgan fingerprint density at radius 3 is 2.68 bits per heavy atom. The third-order valence-electron chi connectivity index (χ3n) is 4.57. The zero-order chi connectivity index (χ0) is 15.5. The summed E-state index contributed by atoms with van der Waals surface area (Å²) in [4.78, 5) is 6.06. The van der Waals surface area contributed by atoms with Crippen LogP contribution in [0.2, 0.25) is 0 Å². The number of ether oxygens (including phenoxy) is 1. The fourth-order valence-electron chi connectivity index (χ4n) is 3.44. The third-order valence-corrected chi connectivity index (χ3v) is 4.57. The van der Waals surface area contributed by atoms with E-state index in [0.29, 0.717) is 12.0 Å².